The summed E-state index contributed by atoms with van der Waals surface area (Å²) < 4.78 is 4.48. The molecule has 0 rings (SSSR count). The minimum Gasteiger partial charge on any atom is -0.466 e. The first-order chi connectivity index (χ1) is 5.13. The maximum absolute atomic E-state index is 10.1. The number of hydrogen-bond donors (Lipinski definition) is 0. The van der Waals surface area contributed by atoms with Gasteiger partial charge >= 0.3 is 5.97 Å². The zero-order chi connectivity index (χ0) is 8.69. The topological polar surface area (TPSA) is 78.7 Å². The molecule has 0 saturated heterocycles. The molecule has 0 aliphatic rings. The average molecular weight is 163 g/mol. The van der Waals surface area contributed by atoms with E-state index in [1.807, 2.05) is 0 Å². The summed E-state index contributed by atoms with van der Waals surface area (Å²) in [6.07, 6.45) is 0.334. The Morgan fingerprint density at radius 2 is 2.18 bits per heavy atom. The molecule has 0 aromatic rings. The molecule has 0 heterocycles. The van der Waals surface area contributed by atoms with E-state index in [0.717, 1.165) is 0 Å². The lowest BCUT2D eigenvalue weighted by Crippen LogP contribution is -2.07. The Morgan fingerprint density at radius 3 is 2.64 bits per heavy atom. The number of nitrogens with zero attached hydrogens (tertiary/aromatic N) is 1. The molecule has 0 bridgehead atoms. The Morgan fingerprint density at radius 1 is 1.55 bits per heavy atom. The Bertz CT molecular complexity index is 130. The third-order valence-electron chi connectivity index (χ3n) is 0.791. The fraction of sp³-hybridized carbons (Fsp3) is 0.800. The standard InChI is InChI=1S/C5H9NO5/c1-5(7)10-3-2-4-11-6(8)9/h2-4H2,1H3. The van der Waals surface area contributed by atoms with E-state index in [-0.39, 0.29) is 13.2 Å². The molecule has 64 valence electrons. The van der Waals surface area contributed by atoms with Gasteiger partial charge in [0, 0.05) is 13.3 Å². The molecular formula is C5H9NO5. The normalized spacial score (nSPS) is 8.82. The van der Waals surface area contributed by atoms with Gasteiger partial charge in [-0.25, -0.2) is 0 Å². The van der Waals surface area contributed by atoms with Crippen LogP contribution >= 0.6 is 0 Å². The van der Waals surface area contributed by atoms with Gasteiger partial charge in [-0.3, -0.25) is 4.79 Å². The molecule has 0 aromatic carbocycles. The van der Waals surface area contributed by atoms with Gasteiger partial charge in [0.15, 0.2) is 0 Å². The Labute approximate surface area is 63.2 Å². The molecule has 0 atom stereocenters. The SMILES string of the molecule is CC(=O)OCCCO[N+](=O)[O-]. The molecule has 0 unspecified atom stereocenters. The molecule has 0 spiro atoms. The third kappa shape index (κ3) is 8.67. The summed E-state index contributed by atoms with van der Waals surface area (Å²) in [5.41, 5.74) is 0. The quantitative estimate of drug-likeness (QED) is 0.249. The molecule has 0 saturated carbocycles. The molecule has 6 heteroatoms. The van der Waals surface area contributed by atoms with Crippen molar-refractivity contribution in [3.8, 4) is 0 Å². The maximum atomic E-state index is 10.1. The number of hydrogen-bond acceptors (Lipinski definition) is 5. The molecule has 11 heavy (non-hydrogen) atoms. The van der Waals surface area contributed by atoms with E-state index < -0.39 is 11.1 Å². The van der Waals surface area contributed by atoms with Gasteiger partial charge in [-0.15, -0.1) is 10.1 Å². The highest BCUT2D eigenvalue weighted by atomic mass is 16.9. The lowest BCUT2D eigenvalue weighted by Gasteiger charge is -1.99. The van der Waals surface area contributed by atoms with Crippen molar-refractivity contribution in [1.82, 2.24) is 0 Å². The largest absolute Gasteiger partial charge is 0.466 e. The highest BCUT2D eigenvalue weighted by Gasteiger charge is 1.95. The van der Waals surface area contributed by atoms with E-state index in [9.17, 15) is 14.9 Å². The van der Waals surface area contributed by atoms with E-state index >= 15 is 0 Å². The Balaban J connectivity index is 3.03. The van der Waals surface area contributed by atoms with Crippen LogP contribution in [-0.2, 0) is 14.4 Å². The molecule has 6 nitrogen and oxygen atoms in total. The second-order valence-electron chi connectivity index (χ2n) is 1.75. The monoisotopic (exact) mass is 163 g/mol. The van der Waals surface area contributed by atoms with E-state index in [4.69, 9.17) is 0 Å². The van der Waals surface area contributed by atoms with Crippen LogP contribution in [0, 0.1) is 10.1 Å². The van der Waals surface area contributed by atoms with Crippen LogP contribution in [0.5, 0.6) is 0 Å². The predicted octanol–water partition coefficient (Wildman–Crippen LogP) is 0.148. The van der Waals surface area contributed by atoms with Crippen molar-refractivity contribution < 1.29 is 19.5 Å². The van der Waals surface area contributed by atoms with Crippen molar-refractivity contribution in [2.45, 2.75) is 13.3 Å². The van der Waals surface area contributed by atoms with Crippen molar-refractivity contribution in [3.63, 3.8) is 0 Å². The van der Waals surface area contributed by atoms with E-state index in [0.29, 0.717) is 6.42 Å². The first-order valence-corrected chi connectivity index (χ1v) is 3.03. The molecule has 0 aliphatic heterocycles. The number of esters is 1. The van der Waals surface area contributed by atoms with Crippen LogP contribution in [0.1, 0.15) is 13.3 Å². The van der Waals surface area contributed by atoms with Gasteiger partial charge in [0.05, 0.1) is 13.2 Å². The first kappa shape index (κ1) is 9.67. The van der Waals surface area contributed by atoms with Gasteiger partial charge in [0.1, 0.15) is 0 Å². The number of rotatable bonds is 5. The van der Waals surface area contributed by atoms with E-state index in [2.05, 4.69) is 9.57 Å². The first-order valence-electron chi connectivity index (χ1n) is 3.03. The van der Waals surface area contributed by atoms with Crippen LogP contribution in [0.25, 0.3) is 0 Å². The highest BCUT2D eigenvalue weighted by molar-refractivity contribution is 5.65. The van der Waals surface area contributed by atoms with Gasteiger partial charge in [-0.05, 0) is 0 Å². The fourth-order valence-electron chi connectivity index (χ4n) is 0.414. The molecule has 0 aromatic heterocycles. The molecule has 0 fully saturated rings. The van der Waals surface area contributed by atoms with Crippen molar-refractivity contribution in [3.05, 3.63) is 10.1 Å². The van der Waals surface area contributed by atoms with Gasteiger partial charge in [0.2, 0.25) is 0 Å². The van der Waals surface area contributed by atoms with Crippen LogP contribution in [0.2, 0.25) is 0 Å². The minimum absolute atomic E-state index is 0.0414. The average Bonchev–Trinajstić information content (AvgIpc) is 1.85. The van der Waals surface area contributed by atoms with Crippen molar-refractivity contribution in [2.75, 3.05) is 13.2 Å². The summed E-state index contributed by atoms with van der Waals surface area (Å²) in [4.78, 5) is 23.7. The van der Waals surface area contributed by atoms with Crippen molar-refractivity contribution in [1.29, 1.82) is 0 Å². The van der Waals surface area contributed by atoms with Gasteiger partial charge < -0.3 is 9.57 Å². The summed E-state index contributed by atoms with van der Waals surface area (Å²) in [5, 5.41) is 8.69. The lowest BCUT2D eigenvalue weighted by atomic mass is 10.5. The second kappa shape index (κ2) is 5.45. The molecule has 0 N–H and O–H groups in total. The highest BCUT2D eigenvalue weighted by Crippen LogP contribution is 1.85. The smallest absolute Gasteiger partial charge is 0.302 e. The number of carbonyl (C=O) groups is 1. The summed E-state index contributed by atoms with van der Waals surface area (Å²) >= 11 is 0. The van der Waals surface area contributed by atoms with Crippen LogP contribution in [0.15, 0.2) is 0 Å². The maximum Gasteiger partial charge on any atom is 0.302 e. The van der Waals surface area contributed by atoms with Crippen LogP contribution in [0.3, 0.4) is 0 Å². The van der Waals surface area contributed by atoms with Gasteiger partial charge in [-0.2, -0.15) is 0 Å². The van der Waals surface area contributed by atoms with Crippen LogP contribution in [-0.4, -0.2) is 24.3 Å². The summed E-state index contributed by atoms with van der Waals surface area (Å²) in [6.45, 7) is 1.39. The zero-order valence-electron chi connectivity index (χ0n) is 6.11. The number of ether oxygens (including phenoxy) is 1. The van der Waals surface area contributed by atoms with Crippen molar-refractivity contribution in [2.24, 2.45) is 0 Å². The Hall–Kier alpha value is -1.33. The summed E-state index contributed by atoms with van der Waals surface area (Å²) in [6, 6.07) is 0. The van der Waals surface area contributed by atoms with E-state index in [1.165, 1.54) is 6.92 Å². The molecule has 0 aliphatic carbocycles. The number of carbonyl (C=O) groups excluding carboxylic acids is 1. The van der Waals surface area contributed by atoms with Crippen LogP contribution in [0.4, 0.5) is 0 Å². The van der Waals surface area contributed by atoms with Crippen molar-refractivity contribution >= 4 is 5.97 Å². The minimum atomic E-state index is -0.881. The third-order valence-corrected chi connectivity index (χ3v) is 0.791. The Kier molecular flexibility index (Phi) is 4.80. The zero-order valence-corrected chi connectivity index (χ0v) is 6.11. The fourth-order valence-corrected chi connectivity index (χ4v) is 0.414. The predicted molar refractivity (Wildman–Crippen MR) is 34.2 cm³/mol. The second-order valence-corrected chi connectivity index (χ2v) is 1.75. The van der Waals surface area contributed by atoms with Gasteiger partial charge in [-0.1, -0.05) is 0 Å². The lowest BCUT2D eigenvalue weighted by molar-refractivity contribution is -0.757. The van der Waals surface area contributed by atoms with Crippen LogP contribution < -0.4 is 0 Å². The summed E-state index contributed by atoms with van der Waals surface area (Å²) in [7, 11) is 0. The molecule has 0 radical (unpaired) electrons. The van der Waals surface area contributed by atoms with Gasteiger partial charge in [0.25, 0.3) is 5.09 Å². The molecular weight excluding hydrogens is 154 g/mol. The summed E-state index contributed by atoms with van der Waals surface area (Å²) in [5.74, 6) is -0.397. The van der Waals surface area contributed by atoms with E-state index in [1.54, 1.807) is 0 Å². The molecule has 0 amide bonds.